The normalized spacial score (nSPS) is 21.8. The molecule has 2 heterocycles. The Bertz CT molecular complexity index is 316. The summed E-state index contributed by atoms with van der Waals surface area (Å²) in [5.41, 5.74) is 0. The molecule has 1 aliphatic rings. The molecule has 0 radical (unpaired) electrons. The molecular formula is C10H17N3O2. The molecule has 1 atom stereocenters. The second-order valence-electron chi connectivity index (χ2n) is 4.24. The molecule has 1 fully saturated rings. The standard InChI is InChI=1S/C10H17N3O2/c1-7(14)9-11-10(15-12-9)8-3-5-13(2)6-4-8/h7-8,14H,3-6H2,1-2H3. The smallest absolute Gasteiger partial charge is 0.229 e. The van der Waals surface area contributed by atoms with E-state index in [-0.39, 0.29) is 0 Å². The van der Waals surface area contributed by atoms with E-state index < -0.39 is 6.10 Å². The predicted octanol–water partition coefficient (Wildman–Crippen LogP) is 0.932. The van der Waals surface area contributed by atoms with Gasteiger partial charge < -0.3 is 14.5 Å². The lowest BCUT2D eigenvalue weighted by Crippen LogP contribution is -2.29. The zero-order chi connectivity index (χ0) is 10.8. The summed E-state index contributed by atoms with van der Waals surface area (Å²) >= 11 is 0. The van der Waals surface area contributed by atoms with E-state index in [1.165, 1.54) is 0 Å². The highest BCUT2D eigenvalue weighted by Gasteiger charge is 2.24. The Morgan fingerprint density at radius 3 is 2.67 bits per heavy atom. The van der Waals surface area contributed by atoms with Crippen LogP contribution in [-0.4, -0.2) is 40.3 Å². The summed E-state index contributed by atoms with van der Waals surface area (Å²) in [4.78, 5) is 6.51. The SMILES string of the molecule is CC(O)c1noc(C2CCN(C)CC2)n1. The third-order valence-corrected chi connectivity index (χ3v) is 2.90. The summed E-state index contributed by atoms with van der Waals surface area (Å²) in [6.07, 6.45) is 1.46. The number of nitrogens with zero attached hydrogens (tertiary/aromatic N) is 3. The third kappa shape index (κ3) is 2.35. The summed E-state index contributed by atoms with van der Waals surface area (Å²) in [6.45, 7) is 3.78. The van der Waals surface area contributed by atoms with Crippen molar-refractivity contribution in [2.45, 2.75) is 31.8 Å². The second kappa shape index (κ2) is 4.28. The average molecular weight is 211 g/mol. The number of hydrogen-bond acceptors (Lipinski definition) is 5. The fourth-order valence-corrected chi connectivity index (χ4v) is 1.84. The molecule has 84 valence electrons. The topological polar surface area (TPSA) is 62.4 Å². The Balaban J connectivity index is 2.03. The van der Waals surface area contributed by atoms with E-state index in [0.29, 0.717) is 17.6 Å². The first-order valence-electron chi connectivity index (χ1n) is 5.37. The van der Waals surface area contributed by atoms with Crippen molar-refractivity contribution in [3.05, 3.63) is 11.7 Å². The molecule has 1 saturated heterocycles. The minimum Gasteiger partial charge on any atom is -0.385 e. The zero-order valence-corrected chi connectivity index (χ0v) is 9.18. The number of aromatic nitrogens is 2. The molecule has 0 aliphatic carbocycles. The van der Waals surface area contributed by atoms with E-state index in [1.54, 1.807) is 6.92 Å². The summed E-state index contributed by atoms with van der Waals surface area (Å²) in [5, 5.41) is 13.0. The molecule has 1 N–H and O–H groups in total. The average Bonchev–Trinajstić information content (AvgIpc) is 2.68. The molecule has 1 aromatic heterocycles. The van der Waals surface area contributed by atoms with Crippen LogP contribution in [0, 0.1) is 0 Å². The van der Waals surface area contributed by atoms with Crippen LogP contribution in [0.2, 0.25) is 0 Å². The fraction of sp³-hybridized carbons (Fsp3) is 0.800. The van der Waals surface area contributed by atoms with Crippen LogP contribution in [-0.2, 0) is 0 Å². The van der Waals surface area contributed by atoms with Gasteiger partial charge in [-0.25, -0.2) is 0 Å². The lowest BCUT2D eigenvalue weighted by atomic mass is 9.97. The van der Waals surface area contributed by atoms with Gasteiger partial charge in [0.25, 0.3) is 0 Å². The minimum absolute atomic E-state index is 0.362. The van der Waals surface area contributed by atoms with Gasteiger partial charge in [-0.05, 0) is 39.9 Å². The summed E-state index contributed by atoms with van der Waals surface area (Å²) in [7, 11) is 2.12. The van der Waals surface area contributed by atoms with Crippen LogP contribution in [0.1, 0.15) is 43.5 Å². The van der Waals surface area contributed by atoms with Crippen molar-refractivity contribution in [2.24, 2.45) is 0 Å². The van der Waals surface area contributed by atoms with Gasteiger partial charge in [-0.15, -0.1) is 0 Å². The number of hydrogen-bond donors (Lipinski definition) is 1. The third-order valence-electron chi connectivity index (χ3n) is 2.90. The highest BCUT2D eigenvalue weighted by molar-refractivity contribution is 4.97. The number of aliphatic hydroxyl groups is 1. The Morgan fingerprint density at radius 2 is 2.13 bits per heavy atom. The van der Waals surface area contributed by atoms with Gasteiger partial charge in [0.15, 0.2) is 5.82 Å². The molecule has 0 spiro atoms. The molecule has 1 unspecified atom stereocenters. The van der Waals surface area contributed by atoms with Gasteiger partial charge in [0.1, 0.15) is 6.10 Å². The van der Waals surface area contributed by atoms with Crippen LogP contribution in [0.3, 0.4) is 0 Å². The number of aliphatic hydroxyl groups excluding tert-OH is 1. The Labute approximate surface area is 89.1 Å². The van der Waals surface area contributed by atoms with E-state index >= 15 is 0 Å². The predicted molar refractivity (Wildman–Crippen MR) is 54.4 cm³/mol. The van der Waals surface area contributed by atoms with Crippen molar-refractivity contribution in [1.29, 1.82) is 0 Å². The zero-order valence-electron chi connectivity index (χ0n) is 9.18. The van der Waals surface area contributed by atoms with E-state index in [9.17, 15) is 5.11 Å². The minimum atomic E-state index is -0.645. The van der Waals surface area contributed by atoms with E-state index in [1.807, 2.05) is 0 Å². The Hall–Kier alpha value is -0.940. The summed E-state index contributed by atoms with van der Waals surface area (Å²) in [5.74, 6) is 1.43. The van der Waals surface area contributed by atoms with Gasteiger partial charge in [0.05, 0.1) is 0 Å². The monoisotopic (exact) mass is 211 g/mol. The first-order valence-corrected chi connectivity index (χ1v) is 5.37. The molecule has 0 saturated carbocycles. The van der Waals surface area contributed by atoms with Gasteiger partial charge in [0, 0.05) is 5.92 Å². The maximum Gasteiger partial charge on any atom is 0.229 e. The van der Waals surface area contributed by atoms with Crippen LogP contribution < -0.4 is 0 Å². The molecule has 5 nitrogen and oxygen atoms in total. The molecule has 1 aromatic rings. The Morgan fingerprint density at radius 1 is 1.47 bits per heavy atom. The van der Waals surface area contributed by atoms with Crippen molar-refractivity contribution in [3.8, 4) is 0 Å². The van der Waals surface area contributed by atoms with Crippen LogP contribution in [0.25, 0.3) is 0 Å². The summed E-state index contributed by atoms with van der Waals surface area (Å²) < 4.78 is 5.16. The van der Waals surface area contributed by atoms with E-state index in [4.69, 9.17) is 4.52 Å². The number of piperidine rings is 1. The van der Waals surface area contributed by atoms with Crippen LogP contribution >= 0.6 is 0 Å². The number of likely N-dealkylation sites (tertiary alicyclic amines) is 1. The molecule has 15 heavy (non-hydrogen) atoms. The quantitative estimate of drug-likeness (QED) is 0.788. The van der Waals surface area contributed by atoms with Crippen molar-refractivity contribution < 1.29 is 9.63 Å². The van der Waals surface area contributed by atoms with Gasteiger partial charge in [0.2, 0.25) is 5.89 Å². The molecule has 1 aliphatic heterocycles. The van der Waals surface area contributed by atoms with Crippen molar-refractivity contribution in [3.63, 3.8) is 0 Å². The van der Waals surface area contributed by atoms with E-state index in [0.717, 1.165) is 25.9 Å². The molecule has 0 bridgehead atoms. The first-order chi connectivity index (χ1) is 7.16. The maximum atomic E-state index is 9.28. The van der Waals surface area contributed by atoms with Crippen LogP contribution in [0.5, 0.6) is 0 Å². The van der Waals surface area contributed by atoms with Gasteiger partial charge in [-0.1, -0.05) is 5.16 Å². The molecule has 5 heteroatoms. The Kier molecular flexibility index (Phi) is 3.02. The van der Waals surface area contributed by atoms with E-state index in [2.05, 4.69) is 22.1 Å². The molecule has 0 amide bonds. The second-order valence-corrected chi connectivity index (χ2v) is 4.24. The van der Waals surface area contributed by atoms with Crippen molar-refractivity contribution in [2.75, 3.05) is 20.1 Å². The lowest BCUT2D eigenvalue weighted by molar-refractivity contribution is 0.183. The fourth-order valence-electron chi connectivity index (χ4n) is 1.84. The van der Waals surface area contributed by atoms with Crippen LogP contribution in [0.4, 0.5) is 0 Å². The molecule has 0 aromatic carbocycles. The van der Waals surface area contributed by atoms with Crippen molar-refractivity contribution >= 4 is 0 Å². The first kappa shape index (κ1) is 10.6. The van der Waals surface area contributed by atoms with Gasteiger partial charge in [-0.2, -0.15) is 4.98 Å². The number of rotatable bonds is 2. The lowest BCUT2D eigenvalue weighted by Gasteiger charge is -2.26. The molecular weight excluding hydrogens is 194 g/mol. The highest BCUT2D eigenvalue weighted by atomic mass is 16.5. The van der Waals surface area contributed by atoms with Crippen molar-refractivity contribution in [1.82, 2.24) is 15.0 Å². The van der Waals surface area contributed by atoms with Gasteiger partial charge in [-0.3, -0.25) is 0 Å². The van der Waals surface area contributed by atoms with Crippen LogP contribution in [0.15, 0.2) is 4.52 Å². The summed E-state index contributed by atoms with van der Waals surface area (Å²) in [6, 6.07) is 0. The highest BCUT2D eigenvalue weighted by Crippen LogP contribution is 2.26. The molecule has 2 rings (SSSR count). The largest absolute Gasteiger partial charge is 0.385 e. The van der Waals surface area contributed by atoms with Gasteiger partial charge >= 0.3 is 0 Å². The maximum absolute atomic E-state index is 9.28.